The van der Waals surface area contributed by atoms with Gasteiger partial charge in [-0.25, -0.2) is 0 Å². The van der Waals surface area contributed by atoms with Gasteiger partial charge in [-0.05, 0) is 30.5 Å². The lowest BCUT2D eigenvalue weighted by Gasteiger charge is -2.16. The Morgan fingerprint density at radius 2 is 1.92 bits per heavy atom. The smallest absolute Gasteiger partial charge is 0.293 e. The minimum absolute atomic E-state index is 0.00771. The molecule has 0 atom stereocenters. The normalized spacial score (nSPS) is 14.7. The molecule has 0 aliphatic heterocycles. The second-order valence-electron chi connectivity index (χ2n) is 6.07. The van der Waals surface area contributed by atoms with Gasteiger partial charge in [0.15, 0.2) is 0 Å². The predicted molar refractivity (Wildman–Crippen MR) is 92.3 cm³/mol. The second-order valence-corrected chi connectivity index (χ2v) is 6.07. The molecule has 124 valence electrons. The van der Waals surface area contributed by atoms with Crippen LogP contribution in [0.5, 0.6) is 0 Å². The monoisotopic (exact) mass is 325 g/mol. The van der Waals surface area contributed by atoms with Crippen LogP contribution in [0.25, 0.3) is 0 Å². The highest BCUT2D eigenvalue weighted by Gasteiger charge is 2.44. The van der Waals surface area contributed by atoms with E-state index >= 15 is 0 Å². The molecule has 24 heavy (non-hydrogen) atoms. The second kappa shape index (κ2) is 6.31. The standard InChI is InChI=1S/C18H19N3O3/c1-19-15-8-7-13(11-16(15)21(23)24)17(22)20-12-18(9-10-18)14-5-3-2-4-6-14/h2-8,11,19H,9-10,12H2,1H3,(H,20,22). The maximum atomic E-state index is 12.4. The minimum atomic E-state index is -0.491. The van der Waals surface area contributed by atoms with Crippen molar-refractivity contribution < 1.29 is 9.72 Å². The zero-order chi connectivity index (χ0) is 17.2. The van der Waals surface area contributed by atoms with Gasteiger partial charge in [-0.15, -0.1) is 0 Å². The Kier molecular flexibility index (Phi) is 4.20. The molecule has 0 spiro atoms. The Hall–Kier alpha value is -2.89. The molecule has 1 aliphatic carbocycles. The molecule has 1 amide bonds. The van der Waals surface area contributed by atoms with Crippen LogP contribution in [-0.4, -0.2) is 24.4 Å². The van der Waals surface area contributed by atoms with E-state index in [-0.39, 0.29) is 17.0 Å². The number of nitro groups is 1. The van der Waals surface area contributed by atoms with Crippen molar-refractivity contribution in [3.63, 3.8) is 0 Å². The minimum Gasteiger partial charge on any atom is -0.383 e. The molecule has 6 heteroatoms. The van der Waals surface area contributed by atoms with Gasteiger partial charge in [-0.3, -0.25) is 14.9 Å². The lowest BCUT2D eigenvalue weighted by molar-refractivity contribution is -0.384. The summed E-state index contributed by atoms with van der Waals surface area (Å²) in [7, 11) is 1.61. The molecule has 2 aromatic carbocycles. The summed E-state index contributed by atoms with van der Waals surface area (Å²) in [5, 5.41) is 16.8. The van der Waals surface area contributed by atoms with Gasteiger partial charge in [-0.2, -0.15) is 0 Å². The molecule has 2 aromatic rings. The fraction of sp³-hybridized carbons (Fsp3) is 0.278. The Morgan fingerprint density at radius 1 is 1.21 bits per heavy atom. The number of hydrogen-bond donors (Lipinski definition) is 2. The van der Waals surface area contributed by atoms with Crippen molar-refractivity contribution in [3.8, 4) is 0 Å². The van der Waals surface area contributed by atoms with Crippen molar-refractivity contribution in [2.45, 2.75) is 18.3 Å². The van der Waals surface area contributed by atoms with Crippen LogP contribution in [0.4, 0.5) is 11.4 Å². The summed E-state index contributed by atoms with van der Waals surface area (Å²) < 4.78 is 0. The summed E-state index contributed by atoms with van der Waals surface area (Å²) in [5.74, 6) is -0.289. The molecular weight excluding hydrogens is 306 g/mol. The fourth-order valence-corrected chi connectivity index (χ4v) is 2.90. The SMILES string of the molecule is CNc1ccc(C(=O)NCC2(c3ccccc3)CC2)cc1[N+](=O)[O-]. The van der Waals surface area contributed by atoms with Crippen LogP contribution >= 0.6 is 0 Å². The van der Waals surface area contributed by atoms with Crippen LogP contribution in [0.2, 0.25) is 0 Å². The summed E-state index contributed by atoms with van der Waals surface area (Å²) in [6.45, 7) is 0.539. The average molecular weight is 325 g/mol. The Labute approximate surface area is 140 Å². The third kappa shape index (κ3) is 3.08. The van der Waals surface area contributed by atoms with Gasteiger partial charge in [0.2, 0.25) is 0 Å². The molecule has 0 unspecified atom stereocenters. The molecule has 1 aliphatic rings. The van der Waals surface area contributed by atoms with Crippen LogP contribution in [0, 0.1) is 10.1 Å². The van der Waals surface area contributed by atoms with Gasteiger partial charge in [0.1, 0.15) is 5.69 Å². The number of benzene rings is 2. The molecule has 2 N–H and O–H groups in total. The molecule has 6 nitrogen and oxygen atoms in total. The van der Waals surface area contributed by atoms with E-state index in [2.05, 4.69) is 22.8 Å². The number of nitrogens with one attached hydrogen (secondary N) is 2. The summed E-state index contributed by atoms with van der Waals surface area (Å²) >= 11 is 0. The van der Waals surface area contributed by atoms with E-state index in [0.29, 0.717) is 17.8 Å². The third-order valence-electron chi connectivity index (χ3n) is 4.55. The Balaban J connectivity index is 1.72. The van der Waals surface area contributed by atoms with Gasteiger partial charge >= 0.3 is 0 Å². The van der Waals surface area contributed by atoms with Crippen LogP contribution in [-0.2, 0) is 5.41 Å². The number of rotatable bonds is 6. The first-order chi connectivity index (χ1) is 11.6. The molecule has 0 aromatic heterocycles. The summed E-state index contributed by atoms with van der Waals surface area (Å²) in [6, 6.07) is 14.6. The Morgan fingerprint density at radius 3 is 2.50 bits per heavy atom. The van der Waals surface area contributed by atoms with E-state index in [4.69, 9.17) is 0 Å². The van der Waals surface area contributed by atoms with Crippen molar-refractivity contribution in [1.82, 2.24) is 5.32 Å². The van der Waals surface area contributed by atoms with Gasteiger partial charge < -0.3 is 10.6 Å². The van der Waals surface area contributed by atoms with Gasteiger partial charge in [0.05, 0.1) is 4.92 Å². The van der Waals surface area contributed by atoms with E-state index in [1.165, 1.54) is 11.6 Å². The number of nitro benzene ring substituents is 1. The average Bonchev–Trinajstić information content (AvgIpc) is 3.41. The van der Waals surface area contributed by atoms with Crippen molar-refractivity contribution in [2.24, 2.45) is 0 Å². The Bertz CT molecular complexity index is 770. The zero-order valence-electron chi connectivity index (χ0n) is 13.4. The third-order valence-corrected chi connectivity index (χ3v) is 4.55. The van der Waals surface area contributed by atoms with Gasteiger partial charge in [-0.1, -0.05) is 30.3 Å². The first-order valence-electron chi connectivity index (χ1n) is 7.86. The molecular formula is C18H19N3O3. The van der Waals surface area contributed by atoms with Crippen molar-refractivity contribution in [3.05, 3.63) is 69.8 Å². The predicted octanol–water partition coefficient (Wildman–Crippen LogP) is 3.10. The summed E-state index contributed by atoms with van der Waals surface area (Å²) in [6.07, 6.45) is 2.08. The van der Waals surface area contributed by atoms with E-state index in [9.17, 15) is 14.9 Å². The van der Waals surface area contributed by atoms with Crippen molar-refractivity contribution in [2.75, 3.05) is 18.9 Å². The summed E-state index contributed by atoms with van der Waals surface area (Å²) in [5.41, 5.74) is 1.81. The zero-order valence-corrected chi connectivity index (χ0v) is 13.4. The number of carbonyl (C=O) groups is 1. The number of amides is 1. The van der Waals surface area contributed by atoms with Crippen molar-refractivity contribution in [1.29, 1.82) is 0 Å². The quantitative estimate of drug-likeness (QED) is 0.631. The highest BCUT2D eigenvalue weighted by Crippen LogP contribution is 2.47. The highest BCUT2D eigenvalue weighted by atomic mass is 16.6. The first kappa shape index (κ1) is 16.0. The molecule has 0 heterocycles. The van der Waals surface area contributed by atoms with E-state index in [1.54, 1.807) is 19.2 Å². The van der Waals surface area contributed by atoms with Crippen LogP contribution < -0.4 is 10.6 Å². The molecule has 0 bridgehead atoms. The van der Waals surface area contributed by atoms with Crippen molar-refractivity contribution >= 4 is 17.3 Å². The molecule has 1 fully saturated rings. The lowest BCUT2D eigenvalue weighted by atomic mass is 9.96. The topological polar surface area (TPSA) is 84.3 Å². The van der Waals surface area contributed by atoms with Gasteiger partial charge in [0.25, 0.3) is 11.6 Å². The maximum Gasteiger partial charge on any atom is 0.293 e. The van der Waals surface area contributed by atoms with E-state index in [1.807, 2.05) is 18.2 Å². The summed E-state index contributed by atoms with van der Waals surface area (Å²) in [4.78, 5) is 23.0. The van der Waals surface area contributed by atoms with E-state index in [0.717, 1.165) is 12.8 Å². The van der Waals surface area contributed by atoms with E-state index < -0.39 is 4.92 Å². The molecule has 1 saturated carbocycles. The molecule has 3 rings (SSSR count). The fourth-order valence-electron chi connectivity index (χ4n) is 2.90. The largest absolute Gasteiger partial charge is 0.383 e. The molecule has 0 saturated heterocycles. The maximum absolute atomic E-state index is 12.4. The number of hydrogen-bond acceptors (Lipinski definition) is 4. The van der Waals surface area contributed by atoms with Crippen LogP contribution in [0.3, 0.4) is 0 Å². The highest BCUT2D eigenvalue weighted by molar-refractivity contribution is 5.95. The number of carbonyl (C=O) groups excluding carboxylic acids is 1. The van der Waals surface area contributed by atoms with Crippen LogP contribution in [0.1, 0.15) is 28.8 Å². The molecule has 0 radical (unpaired) electrons. The van der Waals surface area contributed by atoms with Gasteiger partial charge in [0, 0.05) is 30.6 Å². The lowest BCUT2D eigenvalue weighted by Crippen LogP contribution is -2.32. The van der Waals surface area contributed by atoms with Crippen LogP contribution in [0.15, 0.2) is 48.5 Å². The first-order valence-corrected chi connectivity index (χ1v) is 7.86. The number of nitrogens with zero attached hydrogens (tertiary/aromatic N) is 1. The number of anilines is 1.